The number of hydrogen-bond donors (Lipinski definition) is 4. The monoisotopic (exact) mass is 862 g/mol. The van der Waals surface area contributed by atoms with Crippen molar-refractivity contribution in [1.82, 2.24) is 10.3 Å². The van der Waals surface area contributed by atoms with Crippen molar-refractivity contribution in [1.29, 1.82) is 10.5 Å². The number of nitrogens with zero attached hydrogens (tertiary/aromatic N) is 3. The Labute approximate surface area is 358 Å². The molecule has 0 fully saturated rings. The van der Waals surface area contributed by atoms with Gasteiger partial charge in [0.1, 0.15) is 30.6 Å². The van der Waals surface area contributed by atoms with Crippen LogP contribution in [0.3, 0.4) is 0 Å². The van der Waals surface area contributed by atoms with E-state index in [9.17, 15) is 20.4 Å². The molecule has 5 rings (SSSR count). The van der Waals surface area contributed by atoms with Crippen LogP contribution in [0.4, 0.5) is 0 Å². The molecule has 0 aliphatic carbocycles. The van der Waals surface area contributed by atoms with Gasteiger partial charge in [-0.05, 0) is 66.8 Å². The number of benzene rings is 4. The highest BCUT2D eigenvalue weighted by atomic mass is 35.5. The van der Waals surface area contributed by atoms with E-state index in [0.717, 1.165) is 16.7 Å². The summed E-state index contributed by atoms with van der Waals surface area (Å²) in [7, 11) is 0. The van der Waals surface area contributed by atoms with Crippen LogP contribution in [0.2, 0.25) is 15.1 Å². The van der Waals surface area contributed by atoms with E-state index in [1.54, 1.807) is 18.2 Å². The fourth-order valence-corrected chi connectivity index (χ4v) is 6.82. The van der Waals surface area contributed by atoms with Crippen LogP contribution in [0.25, 0.3) is 22.3 Å². The lowest BCUT2D eigenvalue weighted by Gasteiger charge is -2.16. The number of aromatic nitrogens is 1. The van der Waals surface area contributed by atoms with E-state index in [1.165, 1.54) is 6.07 Å². The van der Waals surface area contributed by atoms with Crippen LogP contribution in [-0.4, -0.2) is 58.7 Å². The Morgan fingerprint density at radius 3 is 2.12 bits per heavy atom. The van der Waals surface area contributed by atoms with Crippen molar-refractivity contribution in [3.63, 3.8) is 0 Å². The first-order valence-electron chi connectivity index (χ1n) is 18.0. The number of hydrogen-bond acceptors (Lipinski definition) is 10. The van der Waals surface area contributed by atoms with Crippen molar-refractivity contribution >= 4 is 54.3 Å². The van der Waals surface area contributed by atoms with Crippen LogP contribution in [0, 0.1) is 22.7 Å². The summed E-state index contributed by atoms with van der Waals surface area (Å²) < 4.78 is 18.0. The average Bonchev–Trinajstić information content (AvgIpc) is 3.20. The van der Waals surface area contributed by atoms with Gasteiger partial charge in [-0.2, -0.15) is 29.0 Å². The molecule has 0 saturated heterocycles. The number of aryl methyl sites for hydroxylation is 1. The number of pyridine rings is 1. The highest BCUT2D eigenvalue weighted by Gasteiger charge is 2.19. The highest BCUT2D eigenvalue weighted by Crippen LogP contribution is 2.41. The standard InChI is InChI=1S/C43H39Cl3N4O7.H2S/c44-38-21-31(4-1-6-33(52)22-39(53)54)42(56-25-29-19-27(23-47)18-28(20-29)24-48)50-43(38)57-26-32-5-2-8-36(40(32)45)37-9-3-7-35(41(37)46)30-10-12-34(13-11-30)55-17-15-49-14-16-51;/h2-3,5,7-13,18-21,33,49,51-52H,1,4,6,14-17,22,25-26H2,(H,53,54);1H2/t33-;/m1./s1. The van der Waals surface area contributed by atoms with Gasteiger partial charge in [0, 0.05) is 40.9 Å². The highest BCUT2D eigenvalue weighted by molar-refractivity contribution is 7.59. The van der Waals surface area contributed by atoms with Gasteiger partial charge in [-0.15, -0.1) is 0 Å². The van der Waals surface area contributed by atoms with E-state index in [-0.39, 0.29) is 62.9 Å². The fraction of sp³-hybridized carbons (Fsp3) is 0.256. The molecule has 58 heavy (non-hydrogen) atoms. The average molecular weight is 864 g/mol. The molecule has 4 aromatic carbocycles. The molecule has 5 aromatic rings. The third-order valence-corrected chi connectivity index (χ3v) is 9.86. The Bertz CT molecular complexity index is 2230. The van der Waals surface area contributed by atoms with Gasteiger partial charge in [0.15, 0.2) is 0 Å². The summed E-state index contributed by atoms with van der Waals surface area (Å²) in [6.07, 6.45) is -0.384. The molecule has 0 aliphatic heterocycles. The Kier molecular flexibility index (Phi) is 18.0. The summed E-state index contributed by atoms with van der Waals surface area (Å²) in [6, 6.07) is 29.3. The number of aliphatic hydroxyl groups is 2. The first kappa shape index (κ1) is 45.7. The molecule has 1 atom stereocenters. The zero-order valence-electron chi connectivity index (χ0n) is 31.2. The first-order chi connectivity index (χ1) is 27.6. The van der Waals surface area contributed by atoms with E-state index in [2.05, 4.69) is 10.3 Å². The minimum Gasteiger partial charge on any atom is -0.492 e. The normalized spacial score (nSPS) is 11.2. The number of ether oxygens (including phenoxy) is 3. The molecule has 0 amide bonds. The van der Waals surface area contributed by atoms with Crippen molar-refractivity contribution in [2.24, 2.45) is 0 Å². The summed E-state index contributed by atoms with van der Waals surface area (Å²) in [5.41, 5.74) is 5.54. The van der Waals surface area contributed by atoms with E-state index in [4.69, 9.17) is 59.2 Å². The molecule has 0 saturated carbocycles. The number of aliphatic carboxylic acids is 1. The zero-order chi connectivity index (χ0) is 40.7. The number of rotatable bonds is 20. The first-order valence-corrected chi connectivity index (χ1v) is 19.1. The fourth-order valence-electron chi connectivity index (χ4n) is 5.97. The number of carboxylic acids is 1. The molecule has 11 nitrogen and oxygen atoms in total. The smallest absolute Gasteiger partial charge is 0.305 e. The number of carbonyl (C=O) groups is 1. The van der Waals surface area contributed by atoms with Crippen molar-refractivity contribution < 1.29 is 34.3 Å². The number of aliphatic hydroxyl groups excluding tert-OH is 2. The summed E-state index contributed by atoms with van der Waals surface area (Å²) in [6.45, 7) is 1.62. The third-order valence-electron chi connectivity index (χ3n) is 8.74. The minimum absolute atomic E-state index is 0. The van der Waals surface area contributed by atoms with Gasteiger partial charge in [-0.25, -0.2) is 0 Å². The second-order valence-electron chi connectivity index (χ2n) is 12.9. The van der Waals surface area contributed by atoms with Crippen LogP contribution >= 0.6 is 48.3 Å². The predicted molar refractivity (Wildman–Crippen MR) is 228 cm³/mol. The third kappa shape index (κ3) is 12.7. The van der Waals surface area contributed by atoms with E-state index in [0.29, 0.717) is 81.7 Å². The Morgan fingerprint density at radius 2 is 1.45 bits per heavy atom. The van der Waals surface area contributed by atoms with Crippen molar-refractivity contribution in [3.05, 3.63) is 128 Å². The summed E-state index contributed by atoms with van der Waals surface area (Å²) in [5, 5.41) is 51.0. The van der Waals surface area contributed by atoms with Gasteiger partial charge in [0.05, 0.1) is 52.4 Å². The molecule has 1 aromatic heterocycles. The molecule has 0 radical (unpaired) electrons. The lowest BCUT2D eigenvalue weighted by atomic mass is 9.97. The molecular weight excluding hydrogens is 823 g/mol. The lowest BCUT2D eigenvalue weighted by Crippen LogP contribution is -2.23. The maximum Gasteiger partial charge on any atom is 0.305 e. The molecule has 0 spiro atoms. The van der Waals surface area contributed by atoms with Crippen molar-refractivity contribution in [3.8, 4) is 51.9 Å². The van der Waals surface area contributed by atoms with Crippen LogP contribution in [0.1, 0.15) is 47.1 Å². The van der Waals surface area contributed by atoms with Gasteiger partial charge < -0.3 is 34.8 Å². The van der Waals surface area contributed by atoms with E-state index >= 15 is 0 Å². The summed E-state index contributed by atoms with van der Waals surface area (Å²) >= 11 is 20.7. The Morgan fingerprint density at radius 1 is 0.793 bits per heavy atom. The molecule has 0 unspecified atom stereocenters. The van der Waals surface area contributed by atoms with Crippen LogP contribution in [-0.2, 0) is 24.4 Å². The quantitative estimate of drug-likeness (QED) is 0.0552. The molecule has 0 bridgehead atoms. The minimum atomic E-state index is -1.09. The predicted octanol–water partition coefficient (Wildman–Crippen LogP) is 8.51. The van der Waals surface area contributed by atoms with Crippen LogP contribution < -0.4 is 19.5 Å². The number of carboxylic acid groups (broad SMARTS) is 1. The second-order valence-corrected chi connectivity index (χ2v) is 14.1. The van der Waals surface area contributed by atoms with Gasteiger partial charge in [-0.3, -0.25) is 4.79 Å². The zero-order valence-corrected chi connectivity index (χ0v) is 34.4. The van der Waals surface area contributed by atoms with Gasteiger partial charge in [0.25, 0.3) is 0 Å². The van der Waals surface area contributed by atoms with E-state index < -0.39 is 12.1 Å². The SMILES string of the molecule is N#Cc1cc(C#N)cc(COc2nc(OCc3cccc(-c4cccc(-c5ccc(OCCNCCO)cc5)c4Cl)c3Cl)c(Cl)cc2CCC[C@@H](O)CC(=O)O)c1.S. The molecule has 15 heteroatoms. The maximum absolute atomic E-state index is 11.0. The topological polar surface area (TPSA) is 178 Å². The summed E-state index contributed by atoms with van der Waals surface area (Å²) in [4.78, 5) is 15.6. The molecule has 302 valence electrons. The van der Waals surface area contributed by atoms with Gasteiger partial charge >= 0.3 is 5.97 Å². The molecular formula is C43H41Cl3N4O7S. The number of nitrogens with one attached hydrogen (secondary N) is 1. The van der Waals surface area contributed by atoms with Gasteiger partial charge in [-0.1, -0.05) is 83.3 Å². The number of nitriles is 2. The number of halogens is 3. The molecule has 1 heterocycles. The molecule has 0 aliphatic rings. The van der Waals surface area contributed by atoms with Crippen LogP contribution in [0.15, 0.2) is 84.9 Å². The Hall–Kier alpha value is -5.02. The second kappa shape index (κ2) is 22.8. The van der Waals surface area contributed by atoms with Crippen molar-refractivity contribution in [2.75, 3.05) is 26.3 Å². The largest absolute Gasteiger partial charge is 0.492 e. The summed E-state index contributed by atoms with van der Waals surface area (Å²) in [5.74, 6) is -0.131. The van der Waals surface area contributed by atoms with Crippen molar-refractivity contribution in [2.45, 2.75) is 45.0 Å². The maximum atomic E-state index is 11.0. The van der Waals surface area contributed by atoms with E-state index in [1.807, 2.05) is 72.8 Å². The lowest BCUT2D eigenvalue weighted by molar-refractivity contribution is -0.139. The van der Waals surface area contributed by atoms with Gasteiger partial charge in [0.2, 0.25) is 11.8 Å². The van der Waals surface area contributed by atoms with Crippen LogP contribution in [0.5, 0.6) is 17.5 Å². The molecule has 4 N–H and O–H groups in total. The Balaban J connectivity index is 0.00000744.